The monoisotopic (exact) mass is 386 g/mol. The van der Waals surface area contributed by atoms with Crippen LogP contribution in [0.3, 0.4) is 0 Å². The molecule has 2 aliphatic rings. The van der Waals surface area contributed by atoms with Crippen molar-refractivity contribution in [1.82, 2.24) is 0 Å². The van der Waals surface area contributed by atoms with Crippen LogP contribution < -0.4 is 0 Å². The maximum absolute atomic E-state index is 13.1. The largest absolute Gasteiger partial charge is 0.522 e. The molecule has 2 saturated carbocycles. The first kappa shape index (κ1) is 20.2. The minimum atomic E-state index is -5.54. The molecule has 2 rings (SSSR count). The summed E-state index contributed by atoms with van der Waals surface area (Å²) in [6.07, 6.45) is 7.10. The van der Waals surface area contributed by atoms with Crippen molar-refractivity contribution >= 4 is 18.4 Å². The van der Waals surface area contributed by atoms with Gasteiger partial charge in [0.25, 0.3) is 0 Å². The summed E-state index contributed by atoms with van der Waals surface area (Å²) >= 11 is 0. The highest BCUT2D eigenvalue weighted by Gasteiger charge is 2.59. The van der Waals surface area contributed by atoms with E-state index in [0.717, 1.165) is 51.4 Å². The van der Waals surface area contributed by atoms with Crippen LogP contribution in [0.2, 0.25) is 17.1 Å². The highest BCUT2D eigenvalue weighted by atomic mass is 32.2. The van der Waals surface area contributed by atoms with Crippen molar-refractivity contribution in [2.75, 3.05) is 0 Å². The van der Waals surface area contributed by atoms with Gasteiger partial charge in [0.15, 0.2) is 0 Å². The predicted molar refractivity (Wildman–Crippen MR) is 90.5 cm³/mol. The fraction of sp³-hybridized carbons (Fsp3) is 1.00. The molecule has 0 atom stereocenters. The number of hydrogen-bond donors (Lipinski definition) is 0. The van der Waals surface area contributed by atoms with E-state index in [2.05, 4.69) is 0 Å². The summed E-state index contributed by atoms with van der Waals surface area (Å²) in [6.45, 7) is 5.92. The van der Waals surface area contributed by atoms with Crippen LogP contribution in [0, 0.1) is 5.41 Å². The van der Waals surface area contributed by atoms with Gasteiger partial charge < -0.3 is 3.87 Å². The van der Waals surface area contributed by atoms with Crippen molar-refractivity contribution in [1.29, 1.82) is 0 Å². The van der Waals surface area contributed by atoms with Crippen molar-refractivity contribution in [3.63, 3.8) is 0 Å². The molecular formula is C16H29F3O3SSi. The molecule has 8 heteroatoms. The third kappa shape index (κ3) is 4.36. The molecule has 2 fully saturated rings. The Morgan fingerprint density at radius 3 is 1.58 bits per heavy atom. The Morgan fingerprint density at radius 1 is 0.917 bits per heavy atom. The predicted octanol–water partition coefficient (Wildman–Crippen LogP) is 5.73. The average Bonchev–Trinajstić information content (AvgIpc) is 3.09. The van der Waals surface area contributed by atoms with Crippen LogP contribution in [-0.2, 0) is 14.0 Å². The third-order valence-electron chi connectivity index (χ3n) is 5.45. The van der Waals surface area contributed by atoms with Gasteiger partial charge in [0.1, 0.15) is 0 Å². The summed E-state index contributed by atoms with van der Waals surface area (Å²) in [5, 5.41) is 0. The van der Waals surface area contributed by atoms with Crippen molar-refractivity contribution in [2.24, 2.45) is 5.41 Å². The Hall–Kier alpha value is -0.0831. The van der Waals surface area contributed by atoms with E-state index in [4.69, 9.17) is 3.87 Å². The fourth-order valence-electron chi connectivity index (χ4n) is 4.70. The molecule has 0 N–H and O–H groups in total. The summed E-state index contributed by atoms with van der Waals surface area (Å²) in [7, 11) is -8.66. The Balaban J connectivity index is 2.47. The lowest BCUT2D eigenvalue weighted by molar-refractivity contribution is -0.0506. The molecule has 142 valence electrons. The van der Waals surface area contributed by atoms with Crippen LogP contribution in [0.15, 0.2) is 0 Å². The zero-order chi connectivity index (χ0) is 18.2. The number of halogens is 3. The zero-order valence-corrected chi connectivity index (χ0v) is 16.6. The van der Waals surface area contributed by atoms with Crippen LogP contribution in [-0.4, -0.2) is 22.2 Å². The second-order valence-corrected chi connectivity index (χ2v) is 14.6. The van der Waals surface area contributed by atoms with Crippen molar-refractivity contribution in [3.05, 3.63) is 0 Å². The second kappa shape index (κ2) is 6.91. The first-order valence-corrected chi connectivity index (χ1v) is 12.6. The van der Waals surface area contributed by atoms with E-state index in [1.165, 1.54) is 0 Å². The van der Waals surface area contributed by atoms with E-state index in [-0.39, 0.29) is 16.5 Å². The summed E-state index contributed by atoms with van der Waals surface area (Å²) in [4.78, 5) is 0. The molecule has 0 spiro atoms. The molecule has 0 aliphatic heterocycles. The van der Waals surface area contributed by atoms with Crippen LogP contribution in [0.5, 0.6) is 0 Å². The van der Waals surface area contributed by atoms with Crippen LogP contribution in [0.4, 0.5) is 13.2 Å². The fourth-order valence-corrected chi connectivity index (χ4v) is 13.7. The van der Waals surface area contributed by atoms with E-state index in [1.54, 1.807) is 0 Å². The van der Waals surface area contributed by atoms with Gasteiger partial charge in [-0.15, -0.1) is 0 Å². The maximum atomic E-state index is 13.1. The van der Waals surface area contributed by atoms with Crippen LogP contribution in [0.25, 0.3) is 0 Å². The zero-order valence-electron chi connectivity index (χ0n) is 14.8. The minimum Gasteiger partial charge on any atom is -0.307 e. The quantitative estimate of drug-likeness (QED) is 0.447. The molecule has 0 saturated heterocycles. The highest BCUT2D eigenvalue weighted by molar-refractivity contribution is 7.88. The molecule has 0 heterocycles. The number of rotatable bonds is 5. The Kier molecular flexibility index (Phi) is 5.82. The molecule has 3 nitrogen and oxygen atoms in total. The van der Waals surface area contributed by atoms with Gasteiger partial charge in [-0.3, -0.25) is 0 Å². The normalized spacial score (nSPS) is 22.4. The maximum Gasteiger partial charge on any atom is 0.522 e. The van der Waals surface area contributed by atoms with Crippen molar-refractivity contribution in [2.45, 2.75) is 94.8 Å². The number of hydrogen-bond acceptors (Lipinski definition) is 3. The van der Waals surface area contributed by atoms with Crippen molar-refractivity contribution in [3.8, 4) is 0 Å². The Bertz CT molecular complexity index is 512. The minimum absolute atomic E-state index is 0.0250. The van der Waals surface area contributed by atoms with Gasteiger partial charge in [-0.05, 0) is 22.5 Å². The van der Waals surface area contributed by atoms with Gasteiger partial charge in [0, 0.05) is 0 Å². The standard InChI is InChI=1S/C16H29F3O3SSi/c1-15(2,3)12-24(13-8-4-5-9-13,14-10-6-7-11-14)22-23(20,21)16(17,18)19/h13-14H,4-12H2,1-3H3. The van der Waals surface area contributed by atoms with Gasteiger partial charge in [-0.2, -0.15) is 21.6 Å². The summed E-state index contributed by atoms with van der Waals surface area (Å²) in [5.74, 6) is 0. The molecule has 0 unspecified atom stereocenters. The first-order valence-electron chi connectivity index (χ1n) is 8.89. The Labute approximate surface area is 144 Å². The molecule has 0 aromatic rings. The lowest BCUT2D eigenvalue weighted by atomic mass is 10.0. The highest BCUT2D eigenvalue weighted by Crippen LogP contribution is 2.56. The van der Waals surface area contributed by atoms with E-state index < -0.39 is 23.9 Å². The molecule has 2 aliphatic carbocycles. The van der Waals surface area contributed by atoms with Gasteiger partial charge in [-0.25, -0.2) is 0 Å². The number of alkyl halides is 3. The lowest BCUT2D eigenvalue weighted by Crippen LogP contribution is -2.52. The van der Waals surface area contributed by atoms with E-state index >= 15 is 0 Å². The molecule has 0 amide bonds. The molecule has 0 aromatic heterocycles. The summed E-state index contributed by atoms with van der Waals surface area (Å²) in [5.41, 5.74) is -5.53. The molecule has 0 aromatic carbocycles. The van der Waals surface area contributed by atoms with Gasteiger partial charge >= 0.3 is 15.6 Å². The van der Waals surface area contributed by atoms with E-state index in [1.807, 2.05) is 20.8 Å². The van der Waals surface area contributed by atoms with Crippen LogP contribution >= 0.6 is 0 Å². The lowest BCUT2D eigenvalue weighted by Gasteiger charge is -2.44. The first-order chi connectivity index (χ1) is 10.9. The third-order valence-corrected chi connectivity index (χ3v) is 13.7. The summed E-state index contributed by atoms with van der Waals surface area (Å²) in [6, 6.07) is 0.477. The second-order valence-electron chi connectivity index (χ2n) is 8.64. The SMILES string of the molecule is CC(C)(C)C[Si](OS(=O)(=O)C(F)(F)F)(C1CCCC1)C1CCCC1. The van der Waals surface area contributed by atoms with E-state index in [9.17, 15) is 21.6 Å². The molecule has 0 radical (unpaired) electrons. The van der Waals surface area contributed by atoms with Gasteiger partial charge in [0.2, 0.25) is 8.32 Å². The smallest absolute Gasteiger partial charge is 0.307 e. The van der Waals surface area contributed by atoms with Crippen molar-refractivity contribution < 1.29 is 25.5 Å². The van der Waals surface area contributed by atoms with Gasteiger partial charge in [0.05, 0.1) is 0 Å². The molecular weight excluding hydrogens is 357 g/mol. The summed E-state index contributed by atoms with van der Waals surface area (Å²) < 4.78 is 68.5. The van der Waals surface area contributed by atoms with E-state index in [0.29, 0.717) is 6.04 Å². The van der Waals surface area contributed by atoms with Gasteiger partial charge in [-0.1, -0.05) is 72.1 Å². The molecule has 0 bridgehead atoms. The topological polar surface area (TPSA) is 43.4 Å². The average molecular weight is 387 g/mol. The van der Waals surface area contributed by atoms with Crippen LogP contribution in [0.1, 0.15) is 72.1 Å². The molecule has 24 heavy (non-hydrogen) atoms. The Morgan fingerprint density at radius 2 is 1.29 bits per heavy atom.